The van der Waals surface area contributed by atoms with Crippen LogP contribution in [0.2, 0.25) is 0 Å². The Morgan fingerprint density at radius 1 is 1.03 bits per heavy atom. The van der Waals surface area contributed by atoms with E-state index in [2.05, 4.69) is 5.32 Å². The van der Waals surface area contributed by atoms with Crippen LogP contribution in [0, 0.1) is 13.8 Å². The minimum absolute atomic E-state index is 0.143. The van der Waals surface area contributed by atoms with E-state index in [0.717, 1.165) is 29.5 Å². The first kappa shape index (κ1) is 24.2. The molecule has 0 atom stereocenters. The lowest BCUT2D eigenvalue weighted by molar-refractivity contribution is -0.121. The second-order valence-corrected chi connectivity index (χ2v) is 11.2. The smallest absolute Gasteiger partial charge is 0.329 e. The van der Waals surface area contributed by atoms with Crippen molar-refractivity contribution in [2.24, 2.45) is 0 Å². The van der Waals surface area contributed by atoms with Gasteiger partial charge in [-0.05, 0) is 69.9 Å². The molecule has 1 aliphatic heterocycles. The van der Waals surface area contributed by atoms with Gasteiger partial charge in [-0.1, -0.05) is 23.8 Å². The van der Waals surface area contributed by atoms with Crippen molar-refractivity contribution in [3.05, 3.63) is 63.6 Å². The molecule has 1 aliphatic rings. The van der Waals surface area contributed by atoms with E-state index in [9.17, 15) is 18.0 Å². The van der Waals surface area contributed by atoms with Crippen molar-refractivity contribution >= 4 is 27.0 Å². The summed E-state index contributed by atoms with van der Waals surface area (Å²) in [6.45, 7) is 8.94. The normalized spacial score (nSPS) is 14.9. The standard InChI is InChI=1S/C25H32N4O4S/c1-17(2)29-22-10-9-21(34(32,33)27-11-5-6-12-27)14-23(22)28(25(29)31)16-24(30)26-15-20-13-18(3)7-8-19(20)4/h7-10,13-14,17H,5-6,11-12,15-16H2,1-4H3,(H,26,30). The Hall–Kier alpha value is -2.91. The van der Waals surface area contributed by atoms with Crippen LogP contribution in [-0.4, -0.2) is 40.9 Å². The van der Waals surface area contributed by atoms with Crippen LogP contribution < -0.4 is 11.0 Å². The van der Waals surface area contributed by atoms with E-state index in [-0.39, 0.29) is 29.1 Å². The summed E-state index contributed by atoms with van der Waals surface area (Å²) in [5.41, 5.74) is 3.93. The van der Waals surface area contributed by atoms with Crippen molar-refractivity contribution < 1.29 is 13.2 Å². The van der Waals surface area contributed by atoms with Gasteiger partial charge in [0.1, 0.15) is 6.54 Å². The summed E-state index contributed by atoms with van der Waals surface area (Å²) in [4.78, 5) is 26.2. The fourth-order valence-corrected chi connectivity index (χ4v) is 6.07. The number of nitrogens with zero attached hydrogens (tertiary/aromatic N) is 3. The van der Waals surface area contributed by atoms with Crippen molar-refractivity contribution in [2.45, 2.75) is 64.6 Å². The Balaban J connectivity index is 1.67. The van der Waals surface area contributed by atoms with E-state index in [1.165, 1.54) is 14.9 Å². The summed E-state index contributed by atoms with van der Waals surface area (Å²) in [5, 5.41) is 2.90. The summed E-state index contributed by atoms with van der Waals surface area (Å²) in [6.07, 6.45) is 1.69. The van der Waals surface area contributed by atoms with Crippen molar-refractivity contribution in [2.75, 3.05) is 13.1 Å². The van der Waals surface area contributed by atoms with Crippen LogP contribution in [0.5, 0.6) is 0 Å². The number of benzene rings is 2. The second-order valence-electron chi connectivity index (χ2n) is 9.30. The molecule has 0 spiro atoms. The molecule has 0 radical (unpaired) electrons. The molecule has 1 N–H and O–H groups in total. The molecule has 2 aromatic carbocycles. The highest BCUT2D eigenvalue weighted by molar-refractivity contribution is 7.89. The Bertz CT molecular complexity index is 1400. The average molecular weight is 485 g/mol. The number of aromatic nitrogens is 2. The quantitative estimate of drug-likeness (QED) is 0.558. The summed E-state index contributed by atoms with van der Waals surface area (Å²) in [5.74, 6) is -0.307. The van der Waals surface area contributed by atoms with Gasteiger partial charge in [0.2, 0.25) is 15.9 Å². The molecule has 1 saturated heterocycles. The molecule has 0 bridgehead atoms. The zero-order valence-corrected chi connectivity index (χ0v) is 21.0. The lowest BCUT2D eigenvalue weighted by atomic mass is 10.1. The summed E-state index contributed by atoms with van der Waals surface area (Å²) < 4.78 is 30.7. The number of amides is 1. The Kier molecular flexibility index (Phi) is 6.69. The van der Waals surface area contributed by atoms with Crippen molar-refractivity contribution in [1.82, 2.24) is 18.8 Å². The van der Waals surface area contributed by atoms with Crippen LogP contribution in [0.1, 0.15) is 49.4 Å². The molecule has 182 valence electrons. The number of imidazole rings is 1. The molecule has 0 unspecified atom stereocenters. The summed E-state index contributed by atoms with van der Waals surface area (Å²) >= 11 is 0. The van der Waals surface area contributed by atoms with E-state index < -0.39 is 10.0 Å². The molecule has 34 heavy (non-hydrogen) atoms. The Morgan fingerprint density at radius 2 is 1.74 bits per heavy atom. The maximum Gasteiger partial charge on any atom is 0.329 e. The molecule has 4 rings (SSSR count). The number of carbonyl (C=O) groups excluding carboxylic acids is 1. The number of rotatable bonds is 7. The zero-order valence-electron chi connectivity index (χ0n) is 20.2. The molecular formula is C25H32N4O4S. The minimum atomic E-state index is -3.65. The van der Waals surface area contributed by atoms with Crippen LogP contribution in [0.4, 0.5) is 0 Å². The van der Waals surface area contributed by atoms with E-state index in [0.29, 0.717) is 30.7 Å². The van der Waals surface area contributed by atoms with Crippen molar-refractivity contribution in [3.8, 4) is 0 Å². The Labute approximate surface area is 200 Å². The van der Waals surface area contributed by atoms with Gasteiger partial charge in [0.15, 0.2) is 0 Å². The zero-order chi connectivity index (χ0) is 24.6. The molecule has 3 aromatic rings. The lowest BCUT2D eigenvalue weighted by Gasteiger charge is -2.16. The first-order chi connectivity index (χ1) is 16.1. The van der Waals surface area contributed by atoms with Crippen LogP contribution in [0.3, 0.4) is 0 Å². The second kappa shape index (κ2) is 9.38. The number of fused-ring (bicyclic) bond motifs is 1. The minimum Gasteiger partial charge on any atom is -0.350 e. The SMILES string of the molecule is Cc1ccc(C)c(CNC(=O)Cn2c(=O)n(C(C)C)c3ccc(S(=O)(=O)N4CCCC4)cc32)c1. The molecule has 9 heteroatoms. The van der Waals surface area contributed by atoms with E-state index in [1.807, 2.05) is 45.9 Å². The van der Waals surface area contributed by atoms with Gasteiger partial charge in [-0.2, -0.15) is 4.31 Å². The first-order valence-electron chi connectivity index (χ1n) is 11.7. The van der Waals surface area contributed by atoms with E-state index >= 15 is 0 Å². The lowest BCUT2D eigenvalue weighted by Crippen LogP contribution is -2.33. The molecular weight excluding hydrogens is 452 g/mol. The maximum absolute atomic E-state index is 13.2. The van der Waals surface area contributed by atoms with Crippen molar-refractivity contribution in [3.63, 3.8) is 0 Å². The number of aryl methyl sites for hydroxylation is 2. The highest BCUT2D eigenvalue weighted by Crippen LogP contribution is 2.25. The van der Waals surface area contributed by atoms with Gasteiger partial charge >= 0.3 is 5.69 Å². The Morgan fingerprint density at radius 3 is 2.41 bits per heavy atom. The maximum atomic E-state index is 13.2. The fraction of sp³-hybridized carbons (Fsp3) is 0.440. The van der Waals surface area contributed by atoms with Gasteiger partial charge in [0.05, 0.1) is 15.9 Å². The molecule has 1 amide bonds. The van der Waals surface area contributed by atoms with Crippen molar-refractivity contribution in [1.29, 1.82) is 0 Å². The van der Waals surface area contributed by atoms with E-state index in [1.54, 1.807) is 16.7 Å². The molecule has 0 aliphatic carbocycles. The van der Waals surface area contributed by atoms with Crippen LogP contribution >= 0.6 is 0 Å². The number of hydrogen-bond donors (Lipinski definition) is 1. The van der Waals surface area contributed by atoms with Gasteiger partial charge < -0.3 is 5.32 Å². The predicted octanol–water partition coefficient (Wildman–Crippen LogP) is 3.10. The van der Waals surface area contributed by atoms with Gasteiger partial charge in [-0.3, -0.25) is 13.9 Å². The van der Waals surface area contributed by atoms with Gasteiger partial charge in [-0.25, -0.2) is 13.2 Å². The first-order valence-corrected chi connectivity index (χ1v) is 13.1. The van der Waals surface area contributed by atoms with Crippen LogP contribution in [-0.2, 0) is 27.9 Å². The monoisotopic (exact) mass is 484 g/mol. The summed E-state index contributed by atoms with van der Waals surface area (Å²) in [6, 6.07) is 10.7. The highest BCUT2D eigenvalue weighted by atomic mass is 32.2. The molecule has 1 aromatic heterocycles. The number of hydrogen-bond acceptors (Lipinski definition) is 4. The topological polar surface area (TPSA) is 93.4 Å². The third-order valence-corrected chi connectivity index (χ3v) is 8.33. The highest BCUT2D eigenvalue weighted by Gasteiger charge is 2.28. The van der Waals surface area contributed by atoms with Crippen LogP contribution in [0.25, 0.3) is 11.0 Å². The molecule has 1 fully saturated rings. The summed E-state index contributed by atoms with van der Waals surface area (Å²) in [7, 11) is -3.65. The van der Waals surface area contributed by atoms with E-state index in [4.69, 9.17) is 0 Å². The molecule has 0 saturated carbocycles. The molecule has 2 heterocycles. The number of carbonyl (C=O) groups is 1. The third-order valence-electron chi connectivity index (χ3n) is 6.44. The van der Waals surface area contributed by atoms with Gasteiger partial charge in [-0.15, -0.1) is 0 Å². The van der Waals surface area contributed by atoms with Crippen LogP contribution in [0.15, 0.2) is 46.1 Å². The number of sulfonamides is 1. The largest absolute Gasteiger partial charge is 0.350 e. The fourth-order valence-electron chi connectivity index (χ4n) is 4.53. The van der Waals surface area contributed by atoms with Gasteiger partial charge in [0, 0.05) is 25.7 Å². The van der Waals surface area contributed by atoms with Gasteiger partial charge in [0.25, 0.3) is 0 Å². The number of nitrogens with one attached hydrogen (secondary N) is 1. The third kappa shape index (κ3) is 4.54. The predicted molar refractivity (Wildman–Crippen MR) is 132 cm³/mol. The molecule has 8 nitrogen and oxygen atoms in total. The average Bonchev–Trinajstić information content (AvgIpc) is 3.42.